The Bertz CT molecular complexity index is 159. The fraction of sp³-hybridized carbons (Fsp3) is 0.909. The zero-order valence-corrected chi connectivity index (χ0v) is 10.6. The maximum atomic E-state index is 5.52. The van der Waals surface area contributed by atoms with Crippen molar-refractivity contribution in [2.45, 2.75) is 52.5 Å². The predicted molar refractivity (Wildman–Crippen MR) is 67.6 cm³/mol. The van der Waals surface area contributed by atoms with Crippen molar-refractivity contribution in [3.63, 3.8) is 0 Å². The van der Waals surface area contributed by atoms with E-state index in [0.717, 1.165) is 13.0 Å². The van der Waals surface area contributed by atoms with Gasteiger partial charge in [-0.1, -0.05) is 32.5 Å². The molecule has 0 aliphatic carbocycles. The number of rotatable bonds is 8. The molecule has 0 fully saturated rings. The van der Waals surface area contributed by atoms with E-state index in [4.69, 9.17) is 18.0 Å². The van der Waals surface area contributed by atoms with Crippen LogP contribution in [0.3, 0.4) is 0 Å². The van der Waals surface area contributed by atoms with E-state index >= 15 is 0 Å². The minimum Gasteiger partial charge on any atom is -0.393 e. The number of nitrogens with zero attached hydrogens (tertiary/aromatic N) is 1. The van der Waals surface area contributed by atoms with Crippen LogP contribution in [0.25, 0.3) is 0 Å². The molecule has 0 aromatic carbocycles. The molecule has 0 bridgehead atoms. The van der Waals surface area contributed by atoms with E-state index in [2.05, 4.69) is 25.7 Å². The Balaban J connectivity index is 3.89. The molecule has 0 aromatic heterocycles. The molecule has 1 atom stereocenters. The van der Waals surface area contributed by atoms with Gasteiger partial charge < -0.3 is 10.6 Å². The monoisotopic (exact) mass is 216 g/mol. The van der Waals surface area contributed by atoms with Crippen LogP contribution in [0.4, 0.5) is 0 Å². The fourth-order valence-electron chi connectivity index (χ4n) is 1.43. The van der Waals surface area contributed by atoms with E-state index in [1.54, 1.807) is 0 Å². The van der Waals surface area contributed by atoms with Crippen LogP contribution >= 0.6 is 12.2 Å². The van der Waals surface area contributed by atoms with Gasteiger partial charge in [0.05, 0.1) is 4.99 Å². The van der Waals surface area contributed by atoms with Gasteiger partial charge >= 0.3 is 0 Å². The second-order valence-electron chi connectivity index (χ2n) is 3.86. The minimum atomic E-state index is 0.634. The highest BCUT2D eigenvalue weighted by molar-refractivity contribution is 7.80. The molecular weight excluding hydrogens is 192 g/mol. The van der Waals surface area contributed by atoms with Crippen LogP contribution in [0.2, 0.25) is 0 Å². The van der Waals surface area contributed by atoms with Gasteiger partial charge in [-0.2, -0.15) is 0 Å². The zero-order valence-electron chi connectivity index (χ0n) is 9.75. The third-order valence-electron chi connectivity index (χ3n) is 2.66. The van der Waals surface area contributed by atoms with E-state index in [0.29, 0.717) is 11.0 Å². The van der Waals surface area contributed by atoms with Crippen molar-refractivity contribution in [2.75, 3.05) is 13.1 Å². The van der Waals surface area contributed by atoms with E-state index < -0.39 is 0 Å². The highest BCUT2D eigenvalue weighted by Gasteiger charge is 2.10. The second kappa shape index (κ2) is 8.18. The lowest BCUT2D eigenvalue weighted by Crippen LogP contribution is -2.35. The van der Waals surface area contributed by atoms with Gasteiger partial charge in [-0.15, -0.1) is 0 Å². The quantitative estimate of drug-likeness (QED) is 0.632. The maximum Gasteiger partial charge on any atom is 0.0740 e. The minimum absolute atomic E-state index is 0.634. The predicted octanol–water partition coefficient (Wildman–Crippen LogP) is 2.56. The molecule has 2 N–H and O–H groups in total. The van der Waals surface area contributed by atoms with Crippen LogP contribution in [0.1, 0.15) is 46.5 Å². The molecule has 14 heavy (non-hydrogen) atoms. The topological polar surface area (TPSA) is 29.3 Å². The first-order valence-electron chi connectivity index (χ1n) is 5.64. The summed E-state index contributed by atoms with van der Waals surface area (Å²) in [5, 5.41) is 0. The molecule has 0 aliphatic rings. The molecule has 3 heteroatoms. The molecule has 0 aromatic rings. The lowest BCUT2D eigenvalue weighted by molar-refractivity contribution is 0.206. The SMILES string of the molecule is CCCCN(CCC(N)=S)C(C)CC. The Labute approximate surface area is 93.8 Å². The van der Waals surface area contributed by atoms with Crippen molar-refractivity contribution in [3.05, 3.63) is 0 Å². The molecule has 0 spiro atoms. The highest BCUT2D eigenvalue weighted by atomic mass is 32.1. The normalized spacial score (nSPS) is 13.1. The van der Waals surface area contributed by atoms with E-state index in [1.165, 1.54) is 25.8 Å². The average molecular weight is 216 g/mol. The Hall–Kier alpha value is -0.150. The van der Waals surface area contributed by atoms with Crippen molar-refractivity contribution in [1.82, 2.24) is 4.90 Å². The molecule has 84 valence electrons. The number of nitrogens with two attached hydrogens (primary N) is 1. The third kappa shape index (κ3) is 6.33. The van der Waals surface area contributed by atoms with Gasteiger partial charge in [0.2, 0.25) is 0 Å². The van der Waals surface area contributed by atoms with Crippen molar-refractivity contribution in [3.8, 4) is 0 Å². The Morgan fingerprint density at radius 2 is 2.00 bits per heavy atom. The highest BCUT2D eigenvalue weighted by Crippen LogP contribution is 2.06. The van der Waals surface area contributed by atoms with E-state index in [-0.39, 0.29) is 0 Å². The van der Waals surface area contributed by atoms with E-state index in [1.807, 2.05) is 0 Å². The number of hydrogen-bond donors (Lipinski definition) is 1. The first kappa shape index (κ1) is 13.8. The lowest BCUT2D eigenvalue weighted by Gasteiger charge is -2.28. The molecular formula is C11H24N2S. The summed E-state index contributed by atoms with van der Waals surface area (Å²) in [6.07, 6.45) is 4.56. The number of unbranched alkanes of at least 4 members (excludes halogenated alkanes) is 1. The van der Waals surface area contributed by atoms with Crippen molar-refractivity contribution >= 4 is 17.2 Å². The summed E-state index contributed by atoms with van der Waals surface area (Å²) in [4.78, 5) is 3.12. The number of hydrogen-bond acceptors (Lipinski definition) is 2. The van der Waals surface area contributed by atoms with E-state index in [9.17, 15) is 0 Å². The van der Waals surface area contributed by atoms with Crippen LogP contribution in [0.15, 0.2) is 0 Å². The molecule has 0 rings (SSSR count). The smallest absolute Gasteiger partial charge is 0.0740 e. The van der Waals surface area contributed by atoms with Crippen LogP contribution in [0.5, 0.6) is 0 Å². The summed E-state index contributed by atoms with van der Waals surface area (Å²) in [7, 11) is 0. The summed E-state index contributed by atoms with van der Waals surface area (Å²) in [6, 6.07) is 0.649. The van der Waals surface area contributed by atoms with Crippen molar-refractivity contribution < 1.29 is 0 Å². The lowest BCUT2D eigenvalue weighted by atomic mass is 10.2. The van der Waals surface area contributed by atoms with Gasteiger partial charge in [0.25, 0.3) is 0 Å². The largest absolute Gasteiger partial charge is 0.393 e. The first-order valence-corrected chi connectivity index (χ1v) is 6.05. The molecule has 0 radical (unpaired) electrons. The Kier molecular flexibility index (Phi) is 8.09. The van der Waals surface area contributed by atoms with Crippen LogP contribution in [-0.2, 0) is 0 Å². The summed E-state index contributed by atoms with van der Waals surface area (Å²) < 4.78 is 0. The molecule has 0 saturated carbocycles. The molecule has 0 amide bonds. The van der Waals surface area contributed by atoms with Crippen LogP contribution < -0.4 is 5.73 Å². The van der Waals surface area contributed by atoms with Gasteiger partial charge in [-0.05, 0) is 26.3 Å². The second-order valence-corrected chi connectivity index (χ2v) is 4.39. The maximum absolute atomic E-state index is 5.52. The van der Waals surface area contributed by atoms with Crippen LogP contribution in [-0.4, -0.2) is 29.0 Å². The average Bonchev–Trinajstić information content (AvgIpc) is 2.16. The first-order chi connectivity index (χ1) is 6.61. The van der Waals surface area contributed by atoms with Crippen molar-refractivity contribution in [2.24, 2.45) is 5.73 Å². The zero-order chi connectivity index (χ0) is 11.0. The molecule has 1 unspecified atom stereocenters. The van der Waals surface area contributed by atoms with Gasteiger partial charge in [-0.3, -0.25) is 0 Å². The Morgan fingerprint density at radius 1 is 1.36 bits per heavy atom. The summed E-state index contributed by atoms with van der Waals surface area (Å²) in [5.41, 5.74) is 5.52. The fourth-order valence-corrected chi connectivity index (χ4v) is 1.52. The number of thiocarbonyl (C=S) groups is 1. The van der Waals surface area contributed by atoms with Gasteiger partial charge in [0, 0.05) is 19.0 Å². The molecule has 0 aliphatic heterocycles. The molecule has 2 nitrogen and oxygen atoms in total. The summed E-state index contributed by atoms with van der Waals surface area (Å²) >= 11 is 4.90. The summed E-state index contributed by atoms with van der Waals surface area (Å²) in [6.45, 7) is 8.92. The molecule has 0 heterocycles. The van der Waals surface area contributed by atoms with Gasteiger partial charge in [0.1, 0.15) is 0 Å². The summed E-state index contributed by atoms with van der Waals surface area (Å²) in [5.74, 6) is 0. The van der Waals surface area contributed by atoms with Gasteiger partial charge in [0.15, 0.2) is 0 Å². The van der Waals surface area contributed by atoms with Crippen LogP contribution in [0, 0.1) is 0 Å². The standard InChI is InChI=1S/C11H24N2S/c1-4-6-8-13(10(3)5-2)9-7-11(12)14/h10H,4-9H2,1-3H3,(H2,12,14). The Morgan fingerprint density at radius 3 is 2.43 bits per heavy atom. The third-order valence-corrected chi connectivity index (χ3v) is 2.86. The molecule has 0 saturated heterocycles. The van der Waals surface area contributed by atoms with Crippen molar-refractivity contribution in [1.29, 1.82) is 0 Å². The van der Waals surface area contributed by atoms with Gasteiger partial charge in [-0.25, -0.2) is 0 Å².